The van der Waals surface area contributed by atoms with Crippen LogP contribution in [0.3, 0.4) is 0 Å². The second-order valence-corrected chi connectivity index (χ2v) is 8.28. The van der Waals surface area contributed by atoms with Gasteiger partial charge in [-0.25, -0.2) is 0 Å². The van der Waals surface area contributed by atoms with Crippen molar-refractivity contribution in [1.29, 1.82) is 0 Å². The Morgan fingerprint density at radius 1 is 0.970 bits per heavy atom. The molecule has 0 aliphatic carbocycles. The van der Waals surface area contributed by atoms with E-state index >= 15 is 0 Å². The number of aromatic hydroxyl groups is 1. The number of benzene rings is 3. The number of carbonyl (C=O) groups excluding carboxylic acids is 2. The van der Waals surface area contributed by atoms with Crippen LogP contribution in [0.15, 0.2) is 66.2 Å². The molecular weight excluding hydrogens is 442 g/mol. The number of nitrogens with zero attached hydrogens (tertiary/aromatic N) is 1. The van der Waals surface area contributed by atoms with Gasteiger partial charge in [-0.2, -0.15) is 0 Å². The van der Waals surface area contributed by atoms with Gasteiger partial charge in [0.2, 0.25) is 0 Å². The molecule has 1 unspecified atom stereocenters. The van der Waals surface area contributed by atoms with E-state index in [0.29, 0.717) is 17.0 Å². The molecule has 1 amide bonds. The van der Waals surface area contributed by atoms with Crippen molar-refractivity contribution in [3.63, 3.8) is 0 Å². The van der Waals surface area contributed by atoms with Gasteiger partial charge >= 0.3 is 0 Å². The van der Waals surface area contributed by atoms with Crippen molar-refractivity contribution in [3.8, 4) is 11.5 Å². The van der Waals surface area contributed by atoms with E-state index in [1.807, 2.05) is 26.0 Å². The van der Waals surface area contributed by atoms with E-state index in [9.17, 15) is 19.8 Å². The van der Waals surface area contributed by atoms with E-state index in [0.717, 1.165) is 11.1 Å². The molecule has 0 aromatic heterocycles. The van der Waals surface area contributed by atoms with Crippen LogP contribution in [0.25, 0.3) is 5.76 Å². The number of anilines is 1. The highest BCUT2D eigenvalue weighted by molar-refractivity contribution is 6.52. The molecule has 168 valence electrons. The van der Waals surface area contributed by atoms with E-state index in [1.165, 1.54) is 30.2 Å². The molecule has 1 heterocycles. The zero-order valence-corrected chi connectivity index (χ0v) is 19.1. The lowest BCUT2D eigenvalue weighted by atomic mass is 9.94. The molecule has 7 heteroatoms. The Labute approximate surface area is 196 Å². The second-order valence-electron chi connectivity index (χ2n) is 7.87. The van der Waals surface area contributed by atoms with Crippen molar-refractivity contribution in [2.24, 2.45) is 0 Å². The van der Waals surface area contributed by atoms with E-state index in [4.69, 9.17) is 16.3 Å². The van der Waals surface area contributed by atoms with Crippen LogP contribution in [0.1, 0.15) is 28.3 Å². The predicted molar refractivity (Wildman–Crippen MR) is 127 cm³/mol. The first-order chi connectivity index (χ1) is 15.7. The van der Waals surface area contributed by atoms with Gasteiger partial charge in [0.05, 0.1) is 23.7 Å². The summed E-state index contributed by atoms with van der Waals surface area (Å²) in [6, 6.07) is 15.4. The van der Waals surface area contributed by atoms with E-state index in [2.05, 4.69) is 0 Å². The van der Waals surface area contributed by atoms with Crippen molar-refractivity contribution in [2.45, 2.75) is 19.9 Å². The van der Waals surface area contributed by atoms with Gasteiger partial charge in [-0.15, -0.1) is 0 Å². The van der Waals surface area contributed by atoms with Gasteiger partial charge in [0, 0.05) is 11.3 Å². The van der Waals surface area contributed by atoms with Crippen molar-refractivity contribution in [1.82, 2.24) is 0 Å². The van der Waals surface area contributed by atoms with Crippen LogP contribution >= 0.6 is 11.6 Å². The number of phenols is 1. The molecule has 1 aliphatic heterocycles. The first kappa shape index (κ1) is 22.4. The molecule has 0 saturated carbocycles. The minimum atomic E-state index is -0.921. The van der Waals surface area contributed by atoms with Crippen LogP contribution in [-0.2, 0) is 9.59 Å². The van der Waals surface area contributed by atoms with Crippen molar-refractivity contribution in [2.75, 3.05) is 12.0 Å². The molecule has 0 bridgehead atoms. The molecule has 4 rings (SSSR count). The van der Waals surface area contributed by atoms with E-state index < -0.39 is 23.5 Å². The lowest BCUT2D eigenvalue weighted by Gasteiger charge is -2.26. The van der Waals surface area contributed by atoms with Crippen molar-refractivity contribution >= 4 is 34.7 Å². The van der Waals surface area contributed by atoms with E-state index in [-0.39, 0.29) is 21.9 Å². The largest absolute Gasteiger partial charge is 0.508 e. The number of Topliss-reactive ketones (excluding diaryl/α,β-unsaturated/α-hetero) is 1. The first-order valence-corrected chi connectivity index (χ1v) is 10.6. The fraction of sp³-hybridized carbons (Fsp3) is 0.154. The van der Waals surface area contributed by atoms with Gasteiger partial charge < -0.3 is 14.9 Å². The number of carbonyl (C=O) groups is 2. The highest BCUT2D eigenvalue weighted by atomic mass is 35.5. The molecule has 1 atom stereocenters. The molecule has 3 aromatic rings. The minimum absolute atomic E-state index is 0.0396. The third kappa shape index (κ3) is 3.94. The molecule has 1 aliphatic rings. The number of hydrogen-bond donors (Lipinski definition) is 2. The molecule has 0 radical (unpaired) electrons. The van der Waals surface area contributed by atoms with Gasteiger partial charge in [-0.05, 0) is 73.0 Å². The third-order valence-corrected chi connectivity index (χ3v) is 6.18. The van der Waals surface area contributed by atoms with Crippen LogP contribution < -0.4 is 9.64 Å². The summed E-state index contributed by atoms with van der Waals surface area (Å²) in [5.41, 5.74) is 3.14. The van der Waals surface area contributed by atoms with Gasteiger partial charge in [0.25, 0.3) is 11.7 Å². The Morgan fingerprint density at radius 3 is 2.30 bits per heavy atom. The first-order valence-electron chi connectivity index (χ1n) is 10.2. The van der Waals surface area contributed by atoms with Gasteiger partial charge in [-0.1, -0.05) is 29.8 Å². The number of aryl methyl sites for hydroxylation is 2. The molecular formula is C26H22ClNO5. The number of halogens is 1. The number of aliphatic hydroxyl groups is 1. The van der Waals surface area contributed by atoms with Gasteiger partial charge in [-0.3, -0.25) is 14.5 Å². The quantitative estimate of drug-likeness (QED) is 0.311. The maximum absolute atomic E-state index is 13.2. The average Bonchev–Trinajstić information content (AvgIpc) is 3.06. The fourth-order valence-corrected chi connectivity index (χ4v) is 4.11. The molecule has 1 fully saturated rings. The number of aliphatic hydroxyl groups excluding tert-OH is 1. The molecule has 6 nitrogen and oxygen atoms in total. The predicted octanol–water partition coefficient (Wildman–Crippen LogP) is 5.30. The fourth-order valence-electron chi connectivity index (χ4n) is 3.90. The smallest absolute Gasteiger partial charge is 0.300 e. The summed E-state index contributed by atoms with van der Waals surface area (Å²) in [5, 5.41) is 21.2. The summed E-state index contributed by atoms with van der Waals surface area (Å²) in [6.07, 6.45) is 0. The number of amides is 1. The molecule has 0 spiro atoms. The number of phenolic OH excluding ortho intramolecular Hbond substituents is 1. The number of ether oxygens (including phenoxy) is 1. The monoisotopic (exact) mass is 463 g/mol. The zero-order valence-electron chi connectivity index (χ0n) is 18.3. The summed E-state index contributed by atoms with van der Waals surface area (Å²) in [7, 11) is 1.47. The molecule has 2 N–H and O–H groups in total. The normalized spacial score (nSPS) is 17.5. The SMILES string of the molecule is COc1ccc(Cl)c(/C(O)=C2\C(=O)C(=O)N(c3ccc(C)c(C)c3)C2c2ccc(O)cc2)c1. The lowest BCUT2D eigenvalue weighted by molar-refractivity contribution is -0.132. The Balaban J connectivity index is 1.98. The molecule has 3 aromatic carbocycles. The molecule has 1 saturated heterocycles. The Hall–Kier alpha value is -3.77. The summed E-state index contributed by atoms with van der Waals surface area (Å²) in [6.45, 7) is 3.87. The van der Waals surface area contributed by atoms with E-state index in [1.54, 1.807) is 30.3 Å². The van der Waals surface area contributed by atoms with Crippen LogP contribution in [0.2, 0.25) is 5.02 Å². The van der Waals surface area contributed by atoms with Gasteiger partial charge in [0.1, 0.15) is 17.3 Å². The van der Waals surface area contributed by atoms with Crippen molar-refractivity contribution in [3.05, 3.63) is 93.5 Å². The topological polar surface area (TPSA) is 87.1 Å². The summed E-state index contributed by atoms with van der Waals surface area (Å²) >= 11 is 6.32. The summed E-state index contributed by atoms with van der Waals surface area (Å²) < 4.78 is 5.23. The highest BCUT2D eigenvalue weighted by Gasteiger charge is 2.47. The Kier molecular flexibility index (Phi) is 5.87. The second kappa shape index (κ2) is 8.64. The maximum atomic E-state index is 13.2. The number of ketones is 1. The summed E-state index contributed by atoms with van der Waals surface area (Å²) in [5.74, 6) is -1.52. The maximum Gasteiger partial charge on any atom is 0.300 e. The standard InChI is InChI=1S/C26H22ClNO5/c1-14-4-7-17(12-15(14)2)28-23(16-5-8-18(29)9-6-16)22(25(31)26(28)32)24(30)20-13-19(33-3)10-11-21(20)27/h4-13,23,29-30H,1-3H3/b24-22+. The zero-order chi connectivity index (χ0) is 23.9. The highest BCUT2D eigenvalue weighted by Crippen LogP contribution is 2.43. The minimum Gasteiger partial charge on any atom is -0.508 e. The van der Waals surface area contributed by atoms with Crippen molar-refractivity contribution < 1.29 is 24.5 Å². The number of methoxy groups -OCH3 is 1. The third-order valence-electron chi connectivity index (χ3n) is 5.85. The van der Waals surface area contributed by atoms with Crippen LogP contribution in [-0.4, -0.2) is 29.0 Å². The lowest BCUT2D eigenvalue weighted by Crippen LogP contribution is -2.29. The average molecular weight is 464 g/mol. The van der Waals surface area contributed by atoms with Crippen LogP contribution in [0.5, 0.6) is 11.5 Å². The van der Waals surface area contributed by atoms with Crippen LogP contribution in [0.4, 0.5) is 5.69 Å². The number of rotatable bonds is 4. The summed E-state index contributed by atoms with van der Waals surface area (Å²) in [4.78, 5) is 27.8. The Morgan fingerprint density at radius 2 is 1.67 bits per heavy atom. The van der Waals surface area contributed by atoms with Gasteiger partial charge in [0.15, 0.2) is 0 Å². The molecule has 33 heavy (non-hydrogen) atoms. The Bertz CT molecular complexity index is 1300. The van der Waals surface area contributed by atoms with Crippen LogP contribution in [0, 0.1) is 13.8 Å². The number of hydrogen-bond acceptors (Lipinski definition) is 5.